The number of carbonyl (C=O) groups is 1. The molecule has 0 bridgehead atoms. The largest absolute Gasteiger partial charge is 0.374 e. The molecular weight excluding hydrogens is 266 g/mol. The first-order chi connectivity index (χ1) is 10.0. The number of nitrogens with one attached hydrogen (secondary N) is 1. The van der Waals surface area contributed by atoms with Crippen molar-refractivity contribution >= 4 is 5.91 Å². The summed E-state index contributed by atoms with van der Waals surface area (Å²) in [6, 6.07) is 0. The van der Waals surface area contributed by atoms with Crippen LogP contribution in [-0.2, 0) is 9.53 Å². The van der Waals surface area contributed by atoms with Gasteiger partial charge in [-0.25, -0.2) is 0 Å². The molecule has 2 aliphatic heterocycles. The van der Waals surface area contributed by atoms with E-state index in [1.54, 1.807) is 0 Å². The molecule has 1 N–H and O–H groups in total. The second kappa shape index (κ2) is 7.07. The van der Waals surface area contributed by atoms with Crippen LogP contribution in [0.1, 0.15) is 47.0 Å². The molecular formula is C16H31N3O2. The summed E-state index contributed by atoms with van der Waals surface area (Å²) in [5, 5.41) is 3.54. The van der Waals surface area contributed by atoms with Gasteiger partial charge in [-0.2, -0.15) is 0 Å². The van der Waals surface area contributed by atoms with Gasteiger partial charge >= 0.3 is 0 Å². The van der Waals surface area contributed by atoms with Gasteiger partial charge in [0.1, 0.15) is 0 Å². The van der Waals surface area contributed by atoms with Gasteiger partial charge in [-0.05, 0) is 26.3 Å². The third kappa shape index (κ3) is 3.58. The van der Waals surface area contributed by atoms with Crippen LogP contribution in [0.15, 0.2) is 0 Å². The second-order valence-electron chi connectivity index (χ2n) is 6.48. The maximum atomic E-state index is 12.8. The van der Waals surface area contributed by atoms with Crippen molar-refractivity contribution in [3.63, 3.8) is 0 Å². The van der Waals surface area contributed by atoms with E-state index < -0.39 is 5.54 Å². The summed E-state index contributed by atoms with van der Waals surface area (Å²) in [5.41, 5.74) is -0.404. The molecule has 3 atom stereocenters. The molecule has 5 nitrogen and oxygen atoms in total. The molecule has 0 radical (unpaired) electrons. The first kappa shape index (κ1) is 16.7. The lowest BCUT2D eigenvalue weighted by molar-refractivity contribution is -0.136. The van der Waals surface area contributed by atoms with Crippen LogP contribution in [0.5, 0.6) is 0 Å². The highest BCUT2D eigenvalue weighted by molar-refractivity contribution is 5.88. The fourth-order valence-electron chi connectivity index (χ4n) is 3.33. The van der Waals surface area contributed by atoms with Gasteiger partial charge in [-0.1, -0.05) is 27.2 Å². The number of hydrogen-bond acceptors (Lipinski definition) is 4. The number of nitrogens with zero attached hydrogens (tertiary/aromatic N) is 2. The standard InChI is InChI=1S/C16H31N3O2/c1-5-8-14-17-16(4,6-2)15(20)19(14)12-13-11-18(7-3)9-10-21-13/h13-14,17H,5-12H2,1-4H3. The quantitative estimate of drug-likeness (QED) is 0.806. The first-order valence-electron chi connectivity index (χ1n) is 8.46. The van der Waals surface area contributed by atoms with Crippen molar-refractivity contribution in [2.45, 2.75) is 64.8 Å². The van der Waals surface area contributed by atoms with Gasteiger partial charge in [-0.15, -0.1) is 0 Å². The third-order valence-corrected chi connectivity index (χ3v) is 4.93. The van der Waals surface area contributed by atoms with Gasteiger partial charge in [0.25, 0.3) is 0 Å². The monoisotopic (exact) mass is 297 g/mol. The zero-order valence-electron chi connectivity index (χ0n) is 14.0. The Balaban J connectivity index is 2.03. The Morgan fingerprint density at radius 3 is 2.76 bits per heavy atom. The van der Waals surface area contributed by atoms with Crippen LogP contribution >= 0.6 is 0 Å². The summed E-state index contributed by atoms with van der Waals surface area (Å²) in [7, 11) is 0. The van der Waals surface area contributed by atoms with E-state index in [4.69, 9.17) is 4.74 Å². The van der Waals surface area contributed by atoms with Crippen LogP contribution in [0.25, 0.3) is 0 Å². The second-order valence-corrected chi connectivity index (χ2v) is 6.48. The van der Waals surface area contributed by atoms with Crippen molar-refractivity contribution in [2.24, 2.45) is 0 Å². The minimum Gasteiger partial charge on any atom is -0.374 e. The molecule has 2 aliphatic rings. The number of amides is 1. The van der Waals surface area contributed by atoms with Gasteiger partial charge in [0.15, 0.2) is 0 Å². The molecule has 0 aromatic heterocycles. The Kier molecular flexibility index (Phi) is 5.63. The zero-order chi connectivity index (χ0) is 15.5. The number of ether oxygens (including phenoxy) is 1. The molecule has 122 valence electrons. The van der Waals surface area contributed by atoms with E-state index in [-0.39, 0.29) is 18.2 Å². The Morgan fingerprint density at radius 1 is 1.38 bits per heavy atom. The fourth-order valence-corrected chi connectivity index (χ4v) is 3.33. The fraction of sp³-hybridized carbons (Fsp3) is 0.938. The molecule has 3 unspecified atom stereocenters. The van der Waals surface area contributed by atoms with Crippen LogP contribution in [-0.4, -0.2) is 66.3 Å². The van der Waals surface area contributed by atoms with Crippen molar-refractivity contribution in [2.75, 3.05) is 32.8 Å². The van der Waals surface area contributed by atoms with E-state index in [1.165, 1.54) is 0 Å². The van der Waals surface area contributed by atoms with Crippen LogP contribution in [0.2, 0.25) is 0 Å². The third-order valence-electron chi connectivity index (χ3n) is 4.93. The maximum absolute atomic E-state index is 12.8. The Hall–Kier alpha value is -0.650. The highest BCUT2D eigenvalue weighted by Crippen LogP contribution is 2.26. The Morgan fingerprint density at radius 2 is 2.14 bits per heavy atom. The zero-order valence-corrected chi connectivity index (χ0v) is 14.0. The predicted octanol–water partition coefficient (Wildman–Crippen LogP) is 1.43. The van der Waals surface area contributed by atoms with Crippen molar-refractivity contribution in [1.29, 1.82) is 0 Å². The summed E-state index contributed by atoms with van der Waals surface area (Å²) in [5.74, 6) is 0.237. The normalized spacial score (nSPS) is 34.7. The lowest BCUT2D eigenvalue weighted by atomic mass is 9.99. The summed E-state index contributed by atoms with van der Waals surface area (Å²) in [6.45, 7) is 12.9. The minimum atomic E-state index is -0.404. The molecule has 0 saturated carbocycles. The molecule has 2 heterocycles. The van der Waals surface area contributed by atoms with Crippen molar-refractivity contribution in [3.05, 3.63) is 0 Å². The predicted molar refractivity (Wildman–Crippen MR) is 84.1 cm³/mol. The molecule has 0 aliphatic carbocycles. The molecule has 0 aromatic rings. The van der Waals surface area contributed by atoms with E-state index in [9.17, 15) is 4.79 Å². The topological polar surface area (TPSA) is 44.8 Å². The van der Waals surface area contributed by atoms with E-state index in [2.05, 4.69) is 31.0 Å². The van der Waals surface area contributed by atoms with Crippen LogP contribution in [0, 0.1) is 0 Å². The highest BCUT2D eigenvalue weighted by atomic mass is 16.5. The number of likely N-dealkylation sites (N-methyl/N-ethyl adjacent to an activating group) is 1. The summed E-state index contributed by atoms with van der Waals surface area (Å²) >= 11 is 0. The molecule has 0 aromatic carbocycles. The summed E-state index contributed by atoms with van der Waals surface area (Å²) in [6.07, 6.45) is 3.21. The van der Waals surface area contributed by atoms with Crippen molar-refractivity contribution < 1.29 is 9.53 Å². The average molecular weight is 297 g/mol. The number of rotatable bonds is 6. The molecule has 21 heavy (non-hydrogen) atoms. The smallest absolute Gasteiger partial charge is 0.243 e. The number of hydrogen-bond donors (Lipinski definition) is 1. The van der Waals surface area contributed by atoms with Gasteiger partial charge in [-0.3, -0.25) is 15.0 Å². The molecule has 0 spiro atoms. The lowest BCUT2D eigenvalue weighted by Gasteiger charge is -2.35. The van der Waals surface area contributed by atoms with Crippen molar-refractivity contribution in [1.82, 2.24) is 15.1 Å². The Bertz CT molecular complexity index is 363. The Labute approximate surface area is 129 Å². The van der Waals surface area contributed by atoms with E-state index in [1.807, 2.05) is 11.8 Å². The van der Waals surface area contributed by atoms with Crippen LogP contribution in [0.4, 0.5) is 0 Å². The van der Waals surface area contributed by atoms with Gasteiger partial charge < -0.3 is 9.64 Å². The van der Waals surface area contributed by atoms with Crippen LogP contribution < -0.4 is 5.32 Å². The van der Waals surface area contributed by atoms with Gasteiger partial charge in [0, 0.05) is 19.6 Å². The van der Waals surface area contributed by atoms with E-state index in [0.29, 0.717) is 6.54 Å². The highest BCUT2D eigenvalue weighted by Gasteiger charge is 2.46. The average Bonchev–Trinajstić information content (AvgIpc) is 2.73. The van der Waals surface area contributed by atoms with E-state index >= 15 is 0 Å². The number of carbonyl (C=O) groups excluding carboxylic acids is 1. The number of morpholine rings is 1. The van der Waals surface area contributed by atoms with Crippen LogP contribution in [0.3, 0.4) is 0 Å². The molecule has 2 fully saturated rings. The molecule has 2 saturated heterocycles. The van der Waals surface area contributed by atoms with Gasteiger partial charge in [0.2, 0.25) is 5.91 Å². The SMILES string of the molecule is CCCC1NC(C)(CC)C(=O)N1CC1CN(CC)CCO1. The maximum Gasteiger partial charge on any atom is 0.243 e. The molecule has 1 amide bonds. The molecule has 2 rings (SSSR count). The minimum absolute atomic E-state index is 0.142. The first-order valence-corrected chi connectivity index (χ1v) is 8.46. The summed E-state index contributed by atoms with van der Waals surface area (Å²) < 4.78 is 5.89. The van der Waals surface area contributed by atoms with Crippen molar-refractivity contribution in [3.8, 4) is 0 Å². The summed E-state index contributed by atoms with van der Waals surface area (Å²) in [4.78, 5) is 17.2. The molecule has 5 heteroatoms. The van der Waals surface area contributed by atoms with Gasteiger partial charge in [0.05, 0.1) is 24.4 Å². The van der Waals surface area contributed by atoms with E-state index in [0.717, 1.165) is 45.5 Å². The lowest BCUT2D eigenvalue weighted by Crippen LogP contribution is -2.50.